The molecule has 0 aliphatic carbocycles. The van der Waals surface area contributed by atoms with Crippen molar-refractivity contribution in [2.24, 2.45) is 10.9 Å². The number of amides is 1. The number of halogens is 1. The number of nitrogens with two attached hydrogens (primary N) is 1. The van der Waals surface area contributed by atoms with E-state index in [9.17, 15) is 4.79 Å². The maximum atomic E-state index is 12.2. The van der Waals surface area contributed by atoms with Gasteiger partial charge in [-0.3, -0.25) is 4.79 Å². The summed E-state index contributed by atoms with van der Waals surface area (Å²) in [6.45, 7) is 3.26. The normalized spacial score (nSPS) is 12.1. The third-order valence-electron chi connectivity index (χ3n) is 2.58. The van der Waals surface area contributed by atoms with Gasteiger partial charge >= 0.3 is 0 Å². The molecule has 0 aromatic heterocycles. The van der Waals surface area contributed by atoms with Gasteiger partial charge < -0.3 is 21.0 Å². The Morgan fingerprint density at radius 3 is 2.68 bits per heavy atom. The summed E-state index contributed by atoms with van der Waals surface area (Å²) >= 11 is 3.30. The van der Waals surface area contributed by atoms with Crippen molar-refractivity contribution in [1.82, 2.24) is 5.32 Å². The summed E-state index contributed by atoms with van der Waals surface area (Å²) in [6.07, 6.45) is 0. The Morgan fingerprint density at radius 2 is 2.16 bits per heavy atom. The average molecular weight is 330 g/mol. The number of nitrogens with zero attached hydrogens (tertiary/aromatic N) is 1. The molecule has 0 unspecified atom stereocenters. The van der Waals surface area contributed by atoms with Crippen molar-refractivity contribution in [3.63, 3.8) is 0 Å². The van der Waals surface area contributed by atoms with Crippen LogP contribution in [-0.4, -0.2) is 29.6 Å². The van der Waals surface area contributed by atoms with Crippen LogP contribution in [0.15, 0.2) is 27.8 Å². The van der Waals surface area contributed by atoms with Crippen LogP contribution in [0, 0.1) is 0 Å². The Morgan fingerprint density at radius 1 is 1.53 bits per heavy atom. The second kappa shape index (κ2) is 5.92. The molecule has 1 rings (SSSR count). The number of amidine groups is 1. The minimum Gasteiger partial charge on any atom is -0.496 e. The standard InChI is InChI=1S/C12H16BrN3O3/c1-12(2,11(14)16-18)15-10(17)8-5-4-7(13)6-9(8)19-3/h4-6,18H,1-3H3,(H2,14,16)(H,15,17). The van der Waals surface area contributed by atoms with E-state index >= 15 is 0 Å². The van der Waals surface area contributed by atoms with E-state index in [-0.39, 0.29) is 11.7 Å². The molecule has 1 amide bonds. The van der Waals surface area contributed by atoms with Gasteiger partial charge in [0.05, 0.1) is 18.2 Å². The maximum Gasteiger partial charge on any atom is 0.255 e. The molecule has 0 bridgehead atoms. The molecule has 0 saturated carbocycles. The highest BCUT2D eigenvalue weighted by Gasteiger charge is 2.27. The molecular weight excluding hydrogens is 314 g/mol. The quantitative estimate of drug-likeness (QED) is 0.339. The molecule has 6 nitrogen and oxygen atoms in total. The molecule has 0 radical (unpaired) electrons. The van der Waals surface area contributed by atoms with E-state index in [1.165, 1.54) is 7.11 Å². The zero-order chi connectivity index (χ0) is 14.6. The third kappa shape index (κ3) is 3.60. The summed E-state index contributed by atoms with van der Waals surface area (Å²) in [6, 6.07) is 5.04. The first-order valence-electron chi connectivity index (χ1n) is 5.46. The number of benzene rings is 1. The lowest BCUT2D eigenvalue weighted by Gasteiger charge is -2.24. The van der Waals surface area contributed by atoms with Crippen LogP contribution in [0.5, 0.6) is 5.75 Å². The minimum absolute atomic E-state index is 0.0862. The Balaban J connectivity index is 3.02. The van der Waals surface area contributed by atoms with Gasteiger partial charge in [-0.15, -0.1) is 0 Å². The van der Waals surface area contributed by atoms with Crippen LogP contribution >= 0.6 is 15.9 Å². The van der Waals surface area contributed by atoms with Gasteiger partial charge in [0, 0.05) is 4.47 Å². The van der Waals surface area contributed by atoms with Crippen LogP contribution in [0.2, 0.25) is 0 Å². The van der Waals surface area contributed by atoms with Gasteiger partial charge in [-0.05, 0) is 32.0 Å². The lowest BCUT2D eigenvalue weighted by atomic mass is 10.0. The fourth-order valence-corrected chi connectivity index (χ4v) is 1.73. The molecule has 0 atom stereocenters. The molecule has 0 aliphatic rings. The summed E-state index contributed by atoms with van der Waals surface area (Å²) in [7, 11) is 1.48. The van der Waals surface area contributed by atoms with E-state index in [4.69, 9.17) is 15.7 Å². The third-order valence-corrected chi connectivity index (χ3v) is 3.08. The smallest absolute Gasteiger partial charge is 0.255 e. The van der Waals surface area contributed by atoms with Crippen molar-refractivity contribution in [3.8, 4) is 5.75 Å². The van der Waals surface area contributed by atoms with E-state index < -0.39 is 5.54 Å². The van der Waals surface area contributed by atoms with E-state index in [0.717, 1.165) is 4.47 Å². The van der Waals surface area contributed by atoms with Crippen molar-refractivity contribution in [2.45, 2.75) is 19.4 Å². The first-order chi connectivity index (χ1) is 8.81. The Labute approximate surface area is 119 Å². The van der Waals surface area contributed by atoms with Crippen molar-refractivity contribution in [3.05, 3.63) is 28.2 Å². The number of carbonyl (C=O) groups excluding carboxylic acids is 1. The van der Waals surface area contributed by atoms with Crippen LogP contribution in [0.4, 0.5) is 0 Å². The van der Waals surface area contributed by atoms with Gasteiger partial charge in [-0.2, -0.15) is 0 Å². The summed E-state index contributed by atoms with van der Waals surface area (Å²) in [5.41, 5.74) is 4.92. The number of rotatable bonds is 4. The number of ether oxygens (including phenoxy) is 1. The topological polar surface area (TPSA) is 96.9 Å². The van der Waals surface area contributed by atoms with Gasteiger partial charge in [0.1, 0.15) is 5.75 Å². The van der Waals surface area contributed by atoms with E-state index in [1.807, 2.05) is 0 Å². The monoisotopic (exact) mass is 329 g/mol. The average Bonchev–Trinajstić information content (AvgIpc) is 2.36. The van der Waals surface area contributed by atoms with Gasteiger partial charge in [-0.1, -0.05) is 21.1 Å². The van der Waals surface area contributed by atoms with Crippen molar-refractivity contribution in [1.29, 1.82) is 0 Å². The van der Waals surface area contributed by atoms with E-state index in [0.29, 0.717) is 11.3 Å². The molecule has 0 heterocycles. The first kappa shape index (κ1) is 15.3. The second-order valence-electron chi connectivity index (χ2n) is 4.41. The highest BCUT2D eigenvalue weighted by Crippen LogP contribution is 2.23. The summed E-state index contributed by atoms with van der Waals surface area (Å²) in [4.78, 5) is 12.2. The number of carbonyl (C=O) groups is 1. The number of methoxy groups -OCH3 is 1. The lowest BCUT2D eigenvalue weighted by Crippen LogP contribution is -2.53. The number of hydrogen-bond donors (Lipinski definition) is 3. The van der Waals surface area contributed by atoms with Crippen LogP contribution in [0.1, 0.15) is 24.2 Å². The molecule has 1 aromatic carbocycles. The van der Waals surface area contributed by atoms with E-state index in [2.05, 4.69) is 26.4 Å². The molecule has 0 saturated heterocycles. The molecule has 104 valence electrons. The van der Waals surface area contributed by atoms with Crippen LogP contribution in [0.25, 0.3) is 0 Å². The predicted octanol–water partition coefficient (Wildman–Crippen LogP) is 1.71. The molecular formula is C12H16BrN3O3. The molecule has 1 aromatic rings. The summed E-state index contributed by atoms with van der Waals surface area (Å²) in [5, 5.41) is 14.2. The number of hydrogen-bond acceptors (Lipinski definition) is 4. The molecule has 0 fully saturated rings. The zero-order valence-electron chi connectivity index (χ0n) is 10.9. The SMILES string of the molecule is COc1cc(Br)ccc1C(=O)NC(C)(C)/C(N)=N/O. The summed E-state index contributed by atoms with van der Waals surface area (Å²) < 4.78 is 5.95. The minimum atomic E-state index is -0.968. The van der Waals surface area contributed by atoms with Crippen LogP contribution < -0.4 is 15.8 Å². The molecule has 19 heavy (non-hydrogen) atoms. The Hall–Kier alpha value is -1.76. The lowest BCUT2D eigenvalue weighted by molar-refractivity contribution is 0.0927. The second-order valence-corrected chi connectivity index (χ2v) is 5.32. The van der Waals surface area contributed by atoms with Crippen LogP contribution in [0.3, 0.4) is 0 Å². The Bertz CT molecular complexity index is 515. The van der Waals surface area contributed by atoms with Crippen molar-refractivity contribution in [2.75, 3.05) is 7.11 Å². The molecule has 4 N–H and O–H groups in total. The van der Waals surface area contributed by atoms with Gasteiger partial charge in [0.25, 0.3) is 5.91 Å². The van der Waals surface area contributed by atoms with Gasteiger partial charge in [-0.25, -0.2) is 0 Å². The fraction of sp³-hybridized carbons (Fsp3) is 0.333. The van der Waals surface area contributed by atoms with Gasteiger partial charge in [0.15, 0.2) is 5.84 Å². The van der Waals surface area contributed by atoms with Crippen molar-refractivity contribution < 1.29 is 14.7 Å². The Kier molecular flexibility index (Phi) is 4.77. The van der Waals surface area contributed by atoms with E-state index in [1.54, 1.807) is 32.0 Å². The fourth-order valence-electron chi connectivity index (χ4n) is 1.39. The highest BCUT2D eigenvalue weighted by atomic mass is 79.9. The first-order valence-corrected chi connectivity index (χ1v) is 6.25. The van der Waals surface area contributed by atoms with Crippen molar-refractivity contribution >= 4 is 27.7 Å². The van der Waals surface area contributed by atoms with Crippen LogP contribution in [-0.2, 0) is 0 Å². The highest BCUT2D eigenvalue weighted by molar-refractivity contribution is 9.10. The summed E-state index contributed by atoms with van der Waals surface area (Å²) in [5.74, 6) is -0.0277. The molecule has 7 heteroatoms. The largest absolute Gasteiger partial charge is 0.496 e. The predicted molar refractivity (Wildman–Crippen MR) is 75.6 cm³/mol. The number of nitrogens with one attached hydrogen (secondary N) is 1. The molecule has 0 aliphatic heterocycles. The maximum absolute atomic E-state index is 12.2. The number of oxime groups is 1. The molecule has 0 spiro atoms. The zero-order valence-corrected chi connectivity index (χ0v) is 12.5. The van der Waals surface area contributed by atoms with Gasteiger partial charge in [0.2, 0.25) is 0 Å².